The normalized spacial score (nSPS) is 10.7. The molecule has 116 valence electrons. The lowest BCUT2D eigenvalue weighted by atomic mass is 10.1. The molecule has 0 aliphatic carbocycles. The van der Waals surface area contributed by atoms with Crippen molar-refractivity contribution in [1.29, 1.82) is 0 Å². The fourth-order valence-electron chi connectivity index (χ4n) is 1.82. The molecule has 0 atom stereocenters. The fraction of sp³-hybridized carbons (Fsp3) is 0.200. The highest BCUT2D eigenvalue weighted by atomic mass is 32.2. The lowest BCUT2D eigenvalue weighted by Crippen LogP contribution is -2.14. The van der Waals surface area contributed by atoms with Crippen molar-refractivity contribution in [3.05, 3.63) is 53.7 Å². The summed E-state index contributed by atoms with van der Waals surface area (Å²) in [5, 5.41) is 11.5. The molecule has 0 saturated heterocycles. The third-order valence-corrected chi connectivity index (χ3v) is 3.56. The summed E-state index contributed by atoms with van der Waals surface area (Å²) in [7, 11) is 0. The van der Waals surface area contributed by atoms with Crippen LogP contribution in [0.2, 0.25) is 0 Å². The molecule has 2 aromatic rings. The Labute approximate surface area is 130 Å². The van der Waals surface area contributed by atoms with Crippen LogP contribution in [-0.4, -0.2) is 28.4 Å². The predicted molar refractivity (Wildman–Crippen MR) is 81.3 cm³/mol. The van der Waals surface area contributed by atoms with Gasteiger partial charge in [-0.15, -0.1) is 0 Å². The van der Waals surface area contributed by atoms with Crippen LogP contribution in [-0.2, 0) is 6.42 Å². The number of nitrogens with one attached hydrogen (secondary N) is 1. The van der Waals surface area contributed by atoms with E-state index in [9.17, 15) is 13.6 Å². The molecular weight excluding hydrogens is 310 g/mol. The average Bonchev–Trinajstić information content (AvgIpc) is 2.49. The highest BCUT2D eigenvalue weighted by Gasteiger charge is 2.16. The molecule has 4 nitrogen and oxygen atoms in total. The summed E-state index contributed by atoms with van der Waals surface area (Å²) in [4.78, 5) is 16.0. The smallest absolute Gasteiger partial charge is 0.290 e. The minimum absolute atomic E-state index is 0.00750. The van der Waals surface area contributed by atoms with E-state index >= 15 is 0 Å². The van der Waals surface area contributed by atoms with Crippen LogP contribution in [0.25, 0.3) is 0 Å². The molecule has 1 heterocycles. The summed E-state index contributed by atoms with van der Waals surface area (Å²) in [6.45, 7) is 0.0512. The molecule has 0 saturated carbocycles. The Balaban J connectivity index is 2.12. The van der Waals surface area contributed by atoms with Crippen LogP contribution in [0.5, 0.6) is 0 Å². The van der Waals surface area contributed by atoms with Gasteiger partial charge in [-0.25, -0.2) is 4.98 Å². The van der Waals surface area contributed by atoms with E-state index in [1.54, 1.807) is 24.3 Å². The Bertz CT molecular complexity index is 636. The van der Waals surface area contributed by atoms with Gasteiger partial charge in [-0.05, 0) is 48.0 Å². The second kappa shape index (κ2) is 7.86. The number of halogens is 2. The number of carbonyl (C=O) groups excluding carboxylic acids is 1. The van der Waals surface area contributed by atoms with Crippen LogP contribution in [0.1, 0.15) is 15.9 Å². The first-order valence-electron chi connectivity index (χ1n) is 6.51. The van der Waals surface area contributed by atoms with E-state index in [0.717, 1.165) is 5.56 Å². The summed E-state index contributed by atoms with van der Waals surface area (Å²) < 4.78 is 25.0. The number of benzene rings is 1. The first-order chi connectivity index (χ1) is 10.6. The van der Waals surface area contributed by atoms with Crippen LogP contribution in [0.4, 0.5) is 14.5 Å². The Hall–Kier alpha value is -1.99. The number of aliphatic hydroxyl groups excluding tert-OH is 1. The number of thioether (sulfide) groups is 1. The Kier molecular flexibility index (Phi) is 5.85. The van der Waals surface area contributed by atoms with Crippen LogP contribution < -0.4 is 5.32 Å². The van der Waals surface area contributed by atoms with Gasteiger partial charge < -0.3 is 10.4 Å². The van der Waals surface area contributed by atoms with Gasteiger partial charge in [0.25, 0.3) is 11.7 Å². The molecule has 2 N–H and O–H groups in total. The highest BCUT2D eigenvalue weighted by molar-refractivity contribution is 7.99. The van der Waals surface area contributed by atoms with E-state index in [2.05, 4.69) is 10.3 Å². The monoisotopic (exact) mass is 324 g/mol. The molecule has 7 heteroatoms. The van der Waals surface area contributed by atoms with Gasteiger partial charge in [-0.2, -0.15) is 8.78 Å². The first-order valence-corrected chi connectivity index (χ1v) is 7.39. The number of pyridine rings is 1. The maximum absolute atomic E-state index is 12.5. The largest absolute Gasteiger partial charge is 0.396 e. The Morgan fingerprint density at radius 3 is 2.64 bits per heavy atom. The molecule has 1 amide bonds. The van der Waals surface area contributed by atoms with Crippen molar-refractivity contribution < 1.29 is 18.7 Å². The van der Waals surface area contributed by atoms with E-state index in [0.29, 0.717) is 12.1 Å². The SMILES string of the molecule is O=C(Nc1ccc(CCO)cc1)c1cccnc1SC(F)F. The van der Waals surface area contributed by atoms with Gasteiger partial charge in [0, 0.05) is 18.5 Å². The molecule has 0 spiro atoms. The summed E-state index contributed by atoms with van der Waals surface area (Å²) in [6, 6.07) is 9.92. The lowest BCUT2D eigenvalue weighted by Gasteiger charge is -2.09. The summed E-state index contributed by atoms with van der Waals surface area (Å²) in [5.41, 5.74) is 1.59. The van der Waals surface area contributed by atoms with Gasteiger partial charge in [-0.1, -0.05) is 12.1 Å². The number of nitrogens with zero attached hydrogens (tertiary/aromatic N) is 1. The second-order valence-electron chi connectivity index (χ2n) is 4.36. The summed E-state index contributed by atoms with van der Waals surface area (Å²) in [6.07, 6.45) is 1.90. The van der Waals surface area contributed by atoms with E-state index in [-0.39, 0.29) is 29.0 Å². The van der Waals surface area contributed by atoms with Crippen molar-refractivity contribution in [2.45, 2.75) is 17.2 Å². The molecule has 1 aromatic heterocycles. The van der Waals surface area contributed by atoms with Crippen molar-refractivity contribution in [1.82, 2.24) is 4.98 Å². The third-order valence-electron chi connectivity index (χ3n) is 2.83. The van der Waals surface area contributed by atoms with Crippen LogP contribution >= 0.6 is 11.8 Å². The van der Waals surface area contributed by atoms with Gasteiger partial charge in [0.2, 0.25) is 0 Å². The molecule has 22 heavy (non-hydrogen) atoms. The number of hydrogen-bond donors (Lipinski definition) is 2. The average molecular weight is 324 g/mol. The molecule has 1 aromatic carbocycles. The zero-order valence-corrected chi connectivity index (χ0v) is 12.3. The number of aromatic nitrogens is 1. The number of hydrogen-bond acceptors (Lipinski definition) is 4. The third kappa shape index (κ3) is 4.51. The van der Waals surface area contributed by atoms with Crippen molar-refractivity contribution in [3.8, 4) is 0 Å². The molecule has 0 bridgehead atoms. The minimum atomic E-state index is -2.64. The molecule has 0 unspecified atom stereocenters. The number of amides is 1. The van der Waals surface area contributed by atoms with Gasteiger partial charge in [-0.3, -0.25) is 4.79 Å². The number of carbonyl (C=O) groups is 1. The number of rotatable bonds is 6. The topological polar surface area (TPSA) is 62.2 Å². The molecule has 0 radical (unpaired) electrons. The Morgan fingerprint density at radius 1 is 1.27 bits per heavy atom. The number of aliphatic hydroxyl groups is 1. The van der Waals surface area contributed by atoms with Crippen molar-refractivity contribution in [2.75, 3.05) is 11.9 Å². The van der Waals surface area contributed by atoms with Crippen LogP contribution in [0.3, 0.4) is 0 Å². The maximum atomic E-state index is 12.5. The Morgan fingerprint density at radius 2 is 2.00 bits per heavy atom. The van der Waals surface area contributed by atoms with Crippen molar-refractivity contribution in [3.63, 3.8) is 0 Å². The molecular formula is C15H14F2N2O2S. The van der Waals surface area contributed by atoms with Gasteiger partial charge in [0.05, 0.1) is 5.56 Å². The van der Waals surface area contributed by atoms with Crippen LogP contribution in [0, 0.1) is 0 Å². The van der Waals surface area contributed by atoms with Crippen molar-refractivity contribution >= 4 is 23.4 Å². The number of alkyl halides is 2. The molecule has 0 aliphatic heterocycles. The predicted octanol–water partition coefficient (Wildman–Crippen LogP) is 3.18. The van der Waals surface area contributed by atoms with Gasteiger partial charge in [0.1, 0.15) is 5.03 Å². The second-order valence-corrected chi connectivity index (χ2v) is 5.34. The van der Waals surface area contributed by atoms with Gasteiger partial charge >= 0.3 is 0 Å². The first kappa shape index (κ1) is 16.4. The zero-order valence-electron chi connectivity index (χ0n) is 11.5. The standard InChI is InChI=1S/C15H14F2N2O2S/c16-15(17)22-14-12(2-1-8-18-14)13(21)19-11-5-3-10(4-6-11)7-9-20/h1-6,8,15,20H,7,9H2,(H,19,21). The maximum Gasteiger partial charge on any atom is 0.290 e. The van der Waals surface area contributed by atoms with Gasteiger partial charge in [0.15, 0.2) is 0 Å². The molecule has 0 aliphatic rings. The summed E-state index contributed by atoms with van der Waals surface area (Å²) >= 11 is 0.240. The number of anilines is 1. The quantitative estimate of drug-likeness (QED) is 0.801. The minimum Gasteiger partial charge on any atom is -0.396 e. The fourth-order valence-corrected chi connectivity index (χ4v) is 2.40. The van der Waals surface area contributed by atoms with E-state index in [1.165, 1.54) is 18.3 Å². The van der Waals surface area contributed by atoms with E-state index in [4.69, 9.17) is 5.11 Å². The van der Waals surface area contributed by atoms with E-state index in [1.807, 2.05) is 0 Å². The lowest BCUT2D eigenvalue weighted by molar-refractivity contribution is 0.102. The molecule has 0 fully saturated rings. The van der Waals surface area contributed by atoms with Crippen molar-refractivity contribution in [2.24, 2.45) is 0 Å². The zero-order chi connectivity index (χ0) is 15.9. The van der Waals surface area contributed by atoms with E-state index < -0.39 is 11.7 Å². The summed E-state index contributed by atoms with van der Waals surface area (Å²) in [5.74, 6) is -3.13. The van der Waals surface area contributed by atoms with Crippen LogP contribution in [0.15, 0.2) is 47.6 Å². The molecule has 2 rings (SSSR count). The highest BCUT2D eigenvalue weighted by Crippen LogP contribution is 2.26.